The molecule has 2 heteroatoms. The maximum Gasteiger partial charge on any atom is 0.0594 e. The molecule has 1 saturated heterocycles. The minimum atomic E-state index is 0.902. The third kappa shape index (κ3) is 3.65. The lowest BCUT2D eigenvalue weighted by Crippen LogP contribution is -2.36. The first kappa shape index (κ1) is 10.7. The van der Waals surface area contributed by atoms with Crippen LogP contribution in [0.1, 0.15) is 12.0 Å². The molecule has 1 aliphatic rings. The van der Waals surface area contributed by atoms with E-state index in [1.807, 2.05) is 6.07 Å². The number of benzene rings is 1. The second-order valence-electron chi connectivity index (χ2n) is 3.97. The van der Waals surface area contributed by atoms with Crippen LogP contribution in [0.2, 0.25) is 0 Å². The molecule has 1 aromatic carbocycles. The first-order valence-electron chi connectivity index (χ1n) is 5.70. The number of hydrogen-bond donors (Lipinski definition) is 0. The molecule has 0 amide bonds. The molecule has 2 rings (SSSR count). The highest BCUT2D eigenvalue weighted by atomic mass is 16.5. The van der Waals surface area contributed by atoms with Gasteiger partial charge in [0.25, 0.3) is 0 Å². The maximum absolute atomic E-state index is 5.32. The van der Waals surface area contributed by atoms with Crippen LogP contribution < -0.4 is 0 Å². The normalized spacial score (nSPS) is 17.9. The zero-order valence-electron chi connectivity index (χ0n) is 9.11. The van der Waals surface area contributed by atoms with Gasteiger partial charge < -0.3 is 4.74 Å². The van der Waals surface area contributed by atoms with Gasteiger partial charge in [-0.1, -0.05) is 24.3 Å². The summed E-state index contributed by atoms with van der Waals surface area (Å²) in [6, 6.07) is 11.4. The highest BCUT2D eigenvalue weighted by Crippen LogP contribution is 2.04. The lowest BCUT2D eigenvalue weighted by molar-refractivity contribution is 0.0375. The lowest BCUT2D eigenvalue weighted by Gasteiger charge is -2.26. The Bertz CT molecular complexity index is 267. The van der Waals surface area contributed by atoms with Gasteiger partial charge in [0.05, 0.1) is 13.2 Å². The zero-order chi connectivity index (χ0) is 10.3. The Kier molecular flexibility index (Phi) is 4.18. The maximum atomic E-state index is 5.32. The Morgan fingerprint density at radius 1 is 1.33 bits per heavy atom. The van der Waals surface area contributed by atoms with E-state index in [1.165, 1.54) is 18.5 Å². The average Bonchev–Trinajstić information content (AvgIpc) is 2.32. The van der Waals surface area contributed by atoms with Gasteiger partial charge in [0.1, 0.15) is 0 Å². The molecule has 0 aliphatic carbocycles. The van der Waals surface area contributed by atoms with Crippen LogP contribution in [-0.2, 0) is 11.2 Å². The van der Waals surface area contributed by atoms with Crippen molar-refractivity contribution in [3.8, 4) is 0 Å². The van der Waals surface area contributed by atoms with E-state index in [-0.39, 0.29) is 0 Å². The second kappa shape index (κ2) is 5.89. The molecule has 1 aliphatic heterocycles. The molecule has 0 atom stereocenters. The molecule has 1 fully saturated rings. The summed E-state index contributed by atoms with van der Waals surface area (Å²) < 4.78 is 5.32. The Morgan fingerprint density at radius 2 is 2.20 bits per heavy atom. The van der Waals surface area contributed by atoms with Gasteiger partial charge in [-0.25, -0.2) is 0 Å². The van der Waals surface area contributed by atoms with E-state index in [9.17, 15) is 0 Å². The van der Waals surface area contributed by atoms with Gasteiger partial charge in [-0.15, -0.1) is 0 Å². The van der Waals surface area contributed by atoms with Gasteiger partial charge in [-0.2, -0.15) is 0 Å². The number of aryl methyl sites for hydroxylation is 1. The lowest BCUT2D eigenvalue weighted by atomic mass is 10.1. The molecule has 0 N–H and O–H groups in total. The van der Waals surface area contributed by atoms with Crippen molar-refractivity contribution < 1.29 is 4.74 Å². The van der Waals surface area contributed by atoms with Gasteiger partial charge in [-0.05, 0) is 31.0 Å². The Morgan fingerprint density at radius 3 is 2.93 bits per heavy atom. The number of hydrogen-bond acceptors (Lipinski definition) is 2. The van der Waals surface area contributed by atoms with Crippen LogP contribution in [-0.4, -0.2) is 37.7 Å². The van der Waals surface area contributed by atoms with Gasteiger partial charge in [0, 0.05) is 13.1 Å². The van der Waals surface area contributed by atoms with Gasteiger partial charge in [-0.3, -0.25) is 4.90 Å². The summed E-state index contributed by atoms with van der Waals surface area (Å²) in [4.78, 5) is 2.48. The molecular formula is C13H18NO. The number of morpholine rings is 1. The smallest absolute Gasteiger partial charge is 0.0594 e. The molecule has 15 heavy (non-hydrogen) atoms. The Labute approximate surface area is 91.9 Å². The number of ether oxygens (including phenoxy) is 1. The summed E-state index contributed by atoms with van der Waals surface area (Å²) in [5.41, 5.74) is 1.39. The molecule has 1 aromatic rings. The van der Waals surface area contributed by atoms with Crippen molar-refractivity contribution in [3.05, 3.63) is 35.9 Å². The molecule has 0 unspecified atom stereocenters. The van der Waals surface area contributed by atoms with Crippen molar-refractivity contribution in [2.45, 2.75) is 12.8 Å². The van der Waals surface area contributed by atoms with E-state index >= 15 is 0 Å². The topological polar surface area (TPSA) is 12.5 Å². The van der Waals surface area contributed by atoms with E-state index in [0.29, 0.717) is 0 Å². The van der Waals surface area contributed by atoms with Gasteiger partial charge in [0.2, 0.25) is 0 Å². The van der Waals surface area contributed by atoms with Crippen LogP contribution in [0.4, 0.5) is 0 Å². The fourth-order valence-corrected chi connectivity index (χ4v) is 1.92. The average molecular weight is 204 g/mol. The molecule has 1 heterocycles. The summed E-state index contributed by atoms with van der Waals surface area (Å²) in [5, 5.41) is 0. The minimum Gasteiger partial charge on any atom is -0.379 e. The van der Waals surface area contributed by atoms with Crippen LogP contribution in [0.5, 0.6) is 0 Å². The Hall–Kier alpha value is -0.860. The monoisotopic (exact) mass is 204 g/mol. The standard InChI is InChI=1S/C13H18NO/c1-2-5-13(6-3-1)7-4-8-14-9-11-15-12-10-14/h1-2,5-6H,4,7-12H2. The van der Waals surface area contributed by atoms with Crippen LogP contribution in [0.25, 0.3) is 0 Å². The third-order valence-electron chi connectivity index (χ3n) is 2.81. The van der Waals surface area contributed by atoms with Crippen molar-refractivity contribution in [1.82, 2.24) is 4.90 Å². The zero-order valence-corrected chi connectivity index (χ0v) is 9.11. The van der Waals surface area contributed by atoms with E-state index < -0.39 is 0 Å². The SMILES string of the molecule is [c]1cccc(CCCN2CCOCC2)c1. The quantitative estimate of drug-likeness (QED) is 0.741. The summed E-state index contributed by atoms with van der Waals surface area (Å²) in [6.07, 6.45) is 2.40. The van der Waals surface area contributed by atoms with Crippen LogP contribution in [0.15, 0.2) is 24.3 Å². The van der Waals surface area contributed by atoms with Gasteiger partial charge in [0.15, 0.2) is 0 Å². The molecule has 0 bridgehead atoms. The van der Waals surface area contributed by atoms with Crippen LogP contribution in [0, 0.1) is 6.07 Å². The molecule has 2 nitrogen and oxygen atoms in total. The van der Waals surface area contributed by atoms with E-state index in [2.05, 4.69) is 29.2 Å². The van der Waals surface area contributed by atoms with Crippen molar-refractivity contribution in [2.24, 2.45) is 0 Å². The predicted octanol–water partition coefficient (Wildman–Crippen LogP) is 1.75. The molecule has 0 saturated carbocycles. The fourth-order valence-electron chi connectivity index (χ4n) is 1.92. The van der Waals surface area contributed by atoms with E-state index in [0.717, 1.165) is 32.7 Å². The largest absolute Gasteiger partial charge is 0.379 e. The predicted molar refractivity (Wildman–Crippen MR) is 60.9 cm³/mol. The molecule has 1 radical (unpaired) electrons. The van der Waals surface area contributed by atoms with Crippen LogP contribution >= 0.6 is 0 Å². The first-order chi connectivity index (χ1) is 7.45. The first-order valence-corrected chi connectivity index (χ1v) is 5.70. The number of rotatable bonds is 4. The van der Waals surface area contributed by atoms with Crippen LogP contribution in [0.3, 0.4) is 0 Å². The summed E-state index contributed by atoms with van der Waals surface area (Å²) in [5.74, 6) is 0. The third-order valence-corrected chi connectivity index (χ3v) is 2.81. The van der Waals surface area contributed by atoms with Crippen molar-refractivity contribution in [1.29, 1.82) is 0 Å². The number of nitrogens with zero attached hydrogens (tertiary/aromatic N) is 1. The van der Waals surface area contributed by atoms with Crippen molar-refractivity contribution >= 4 is 0 Å². The minimum absolute atomic E-state index is 0.902. The van der Waals surface area contributed by atoms with E-state index in [4.69, 9.17) is 4.74 Å². The van der Waals surface area contributed by atoms with E-state index in [1.54, 1.807) is 0 Å². The summed E-state index contributed by atoms with van der Waals surface area (Å²) in [7, 11) is 0. The molecule has 0 aromatic heterocycles. The highest BCUT2D eigenvalue weighted by molar-refractivity contribution is 5.13. The van der Waals surface area contributed by atoms with Crippen molar-refractivity contribution in [2.75, 3.05) is 32.8 Å². The second-order valence-corrected chi connectivity index (χ2v) is 3.97. The molecule has 81 valence electrons. The van der Waals surface area contributed by atoms with Gasteiger partial charge >= 0.3 is 0 Å². The van der Waals surface area contributed by atoms with Crippen molar-refractivity contribution in [3.63, 3.8) is 0 Å². The Balaban J connectivity index is 1.66. The highest BCUT2D eigenvalue weighted by Gasteiger charge is 2.08. The fraction of sp³-hybridized carbons (Fsp3) is 0.538. The molecule has 0 spiro atoms. The summed E-state index contributed by atoms with van der Waals surface area (Å²) in [6.45, 7) is 5.19. The summed E-state index contributed by atoms with van der Waals surface area (Å²) >= 11 is 0. The molecular weight excluding hydrogens is 186 g/mol.